The van der Waals surface area contributed by atoms with Gasteiger partial charge in [-0.05, 0) is 43.7 Å². The zero-order valence-corrected chi connectivity index (χ0v) is 7.84. The molecule has 0 N–H and O–H groups in total. The second kappa shape index (κ2) is 3.29. The van der Waals surface area contributed by atoms with Gasteiger partial charge in [0.15, 0.2) is 5.78 Å². The molecule has 1 aliphatic carbocycles. The van der Waals surface area contributed by atoms with Crippen molar-refractivity contribution in [2.75, 3.05) is 0 Å². The van der Waals surface area contributed by atoms with E-state index in [4.69, 9.17) is 0 Å². The van der Waals surface area contributed by atoms with Crippen LogP contribution in [0, 0.1) is 0 Å². The first kappa shape index (κ1) is 8.42. The molecule has 0 saturated carbocycles. The first-order valence-electron chi connectivity index (χ1n) is 4.75. The summed E-state index contributed by atoms with van der Waals surface area (Å²) in [5, 5.41) is 0. The highest BCUT2D eigenvalue weighted by Gasteiger charge is 2.15. The molecule has 0 bridgehead atoms. The van der Waals surface area contributed by atoms with Gasteiger partial charge in [0.2, 0.25) is 0 Å². The van der Waals surface area contributed by atoms with Gasteiger partial charge in [0.05, 0.1) is 0 Å². The van der Waals surface area contributed by atoms with Gasteiger partial charge in [-0.1, -0.05) is 0 Å². The van der Waals surface area contributed by atoms with Gasteiger partial charge >= 0.3 is 0 Å². The number of hydrogen-bond donors (Lipinski definition) is 0. The highest BCUT2D eigenvalue weighted by Crippen LogP contribution is 2.23. The Hall–Kier alpha value is -1.18. The fourth-order valence-corrected chi connectivity index (χ4v) is 1.96. The van der Waals surface area contributed by atoms with E-state index in [0.717, 1.165) is 18.4 Å². The lowest BCUT2D eigenvalue weighted by atomic mass is 9.89. The predicted octanol–water partition coefficient (Wildman–Crippen LogP) is 2.16. The smallest absolute Gasteiger partial charge is 0.161 e. The van der Waals surface area contributed by atoms with Crippen molar-refractivity contribution in [3.05, 3.63) is 29.1 Å². The summed E-state index contributed by atoms with van der Waals surface area (Å²) in [6.45, 7) is 1.62. The first-order valence-corrected chi connectivity index (χ1v) is 4.75. The Kier molecular flexibility index (Phi) is 2.13. The number of carbonyl (C=O) groups is 1. The van der Waals surface area contributed by atoms with E-state index in [1.807, 2.05) is 6.20 Å². The normalized spacial score (nSPS) is 15.2. The highest BCUT2D eigenvalue weighted by molar-refractivity contribution is 5.95. The van der Waals surface area contributed by atoms with Crippen molar-refractivity contribution in [3.8, 4) is 0 Å². The van der Waals surface area contributed by atoms with Crippen LogP contribution in [-0.4, -0.2) is 10.8 Å². The van der Waals surface area contributed by atoms with Crippen molar-refractivity contribution in [2.45, 2.75) is 32.6 Å². The van der Waals surface area contributed by atoms with Crippen LogP contribution < -0.4 is 0 Å². The van der Waals surface area contributed by atoms with Crippen molar-refractivity contribution >= 4 is 5.78 Å². The van der Waals surface area contributed by atoms with E-state index in [2.05, 4.69) is 4.98 Å². The fourth-order valence-electron chi connectivity index (χ4n) is 1.96. The zero-order chi connectivity index (χ0) is 9.26. The lowest BCUT2D eigenvalue weighted by molar-refractivity contribution is 0.101. The van der Waals surface area contributed by atoms with Crippen LogP contribution in [0.1, 0.15) is 41.3 Å². The molecule has 0 amide bonds. The molecular weight excluding hydrogens is 162 g/mol. The fraction of sp³-hybridized carbons (Fsp3) is 0.455. The van der Waals surface area contributed by atoms with E-state index in [1.54, 1.807) is 13.1 Å². The average Bonchev–Trinajstić information content (AvgIpc) is 2.17. The van der Waals surface area contributed by atoms with Crippen molar-refractivity contribution in [3.63, 3.8) is 0 Å². The van der Waals surface area contributed by atoms with Gasteiger partial charge < -0.3 is 0 Å². The Morgan fingerprint density at radius 2 is 2.08 bits per heavy atom. The van der Waals surface area contributed by atoms with Gasteiger partial charge in [0.1, 0.15) is 0 Å². The van der Waals surface area contributed by atoms with Gasteiger partial charge in [-0.2, -0.15) is 0 Å². The van der Waals surface area contributed by atoms with Crippen LogP contribution in [0.4, 0.5) is 0 Å². The maximum atomic E-state index is 11.3. The van der Waals surface area contributed by atoms with Crippen molar-refractivity contribution in [1.82, 2.24) is 4.98 Å². The molecule has 1 heterocycles. The molecule has 1 aliphatic rings. The van der Waals surface area contributed by atoms with Crippen LogP contribution >= 0.6 is 0 Å². The lowest BCUT2D eigenvalue weighted by Gasteiger charge is -2.16. The maximum absolute atomic E-state index is 11.3. The van der Waals surface area contributed by atoms with Crippen LogP contribution in [0.2, 0.25) is 0 Å². The summed E-state index contributed by atoms with van der Waals surface area (Å²) >= 11 is 0. The predicted molar refractivity (Wildman–Crippen MR) is 50.9 cm³/mol. The van der Waals surface area contributed by atoms with E-state index in [9.17, 15) is 4.79 Å². The Bertz CT molecular complexity index is 344. The number of rotatable bonds is 1. The van der Waals surface area contributed by atoms with Crippen molar-refractivity contribution in [1.29, 1.82) is 0 Å². The molecule has 1 aromatic heterocycles. The Balaban J connectivity index is 2.52. The summed E-state index contributed by atoms with van der Waals surface area (Å²) < 4.78 is 0. The number of fused-ring (bicyclic) bond motifs is 1. The SMILES string of the molecule is CC(=O)c1cncc2c1CCCC2. The summed E-state index contributed by atoms with van der Waals surface area (Å²) in [7, 11) is 0. The number of nitrogens with zero attached hydrogens (tertiary/aromatic N) is 1. The van der Waals surface area contributed by atoms with E-state index in [-0.39, 0.29) is 5.78 Å². The van der Waals surface area contributed by atoms with E-state index in [1.165, 1.54) is 24.0 Å². The molecule has 0 atom stereocenters. The number of aromatic nitrogens is 1. The molecule has 13 heavy (non-hydrogen) atoms. The monoisotopic (exact) mass is 175 g/mol. The molecule has 1 aromatic rings. The molecule has 0 spiro atoms. The first-order chi connectivity index (χ1) is 6.29. The van der Waals surface area contributed by atoms with Gasteiger partial charge in [-0.25, -0.2) is 0 Å². The molecule has 2 heteroatoms. The van der Waals surface area contributed by atoms with Crippen LogP contribution in [0.5, 0.6) is 0 Å². The van der Waals surface area contributed by atoms with Crippen LogP contribution in [0.3, 0.4) is 0 Å². The molecule has 2 nitrogen and oxygen atoms in total. The molecule has 68 valence electrons. The molecule has 0 unspecified atom stereocenters. The minimum atomic E-state index is 0.145. The number of aryl methyl sites for hydroxylation is 1. The van der Waals surface area contributed by atoms with Crippen molar-refractivity contribution in [2.24, 2.45) is 0 Å². The topological polar surface area (TPSA) is 30.0 Å². The molecule has 0 fully saturated rings. The minimum absolute atomic E-state index is 0.145. The van der Waals surface area contributed by atoms with Crippen LogP contribution in [0.15, 0.2) is 12.4 Å². The second-order valence-corrected chi connectivity index (χ2v) is 3.59. The number of hydrogen-bond acceptors (Lipinski definition) is 2. The summed E-state index contributed by atoms with van der Waals surface area (Å²) in [5.74, 6) is 0.145. The van der Waals surface area contributed by atoms with Crippen LogP contribution in [-0.2, 0) is 12.8 Å². The van der Waals surface area contributed by atoms with Crippen LogP contribution in [0.25, 0.3) is 0 Å². The Labute approximate surface area is 78.0 Å². The minimum Gasteiger partial charge on any atom is -0.294 e. The van der Waals surface area contributed by atoms with Gasteiger partial charge in [0.25, 0.3) is 0 Å². The molecular formula is C11H13NO. The Morgan fingerprint density at radius 3 is 2.85 bits per heavy atom. The average molecular weight is 175 g/mol. The lowest BCUT2D eigenvalue weighted by Crippen LogP contribution is -2.09. The molecule has 0 saturated heterocycles. The van der Waals surface area contributed by atoms with Gasteiger partial charge in [-0.15, -0.1) is 0 Å². The largest absolute Gasteiger partial charge is 0.294 e. The third-order valence-electron chi connectivity index (χ3n) is 2.65. The summed E-state index contributed by atoms with van der Waals surface area (Å²) in [6, 6.07) is 0. The maximum Gasteiger partial charge on any atom is 0.161 e. The van der Waals surface area contributed by atoms with E-state index < -0.39 is 0 Å². The van der Waals surface area contributed by atoms with Crippen molar-refractivity contribution < 1.29 is 4.79 Å². The third-order valence-corrected chi connectivity index (χ3v) is 2.65. The molecule has 0 radical (unpaired) electrons. The van der Waals surface area contributed by atoms with Gasteiger partial charge in [-0.3, -0.25) is 9.78 Å². The summed E-state index contributed by atoms with van der Waals surface area (Å²) in [4.78, 5) is 15.4. The molecule has 2 rings (SSSR count). The Morgan fingerprint density at radius 1 is 1.31 bits per heavy atom. The number of ketones is 1. The molecule has 0 aromatic carbocycles. The summed E-state index contributed by atoms with van der Waals surface area (Å²) in [5.41, 5.74) is 3.35. The number of carbonyl (C=O) groups excluding carboxylic acids is 1. The zero-order valence-electron chi connectivity index (χ0n) is 7.84. The summed E-state index contributed by atoms with van der Waals surface area (Å²) in [6.07, 6.45) is 8.18. The highest BCUT2D eigenvalue weighted by atomic mass is 16.1. The standard InChI is InChI=1S/C11H13NO/c1-8(13)11-7-12-6-9-4-2-3-5-10(9)11/h6-7H,2-5H2,1H3. The van der Waals surface area contributed by atoms with Gasteiger partial charge in [0, 0.05) is 18.0 Å². The molecule has 0 aliphatic heterocycles. The van der Waals surface area contributed by atoms with E-state index in [0.29, 0.717) is 0 Å². The van der Waals surface area contributed by atoms with E-state index >= 15 is 0 Å². The third kappa shape index (κ3) is 1.48. The second-order valence-electron chi connectivity index (χ2n) is 3.59. The number of Topliss-reactive ketones (excluding diaryl/α,β-unsaturated/α-hetero) is 1. The number of pyridine rings is 1. The quantitative estimate of drug-likeness (QED) is 0.612.